The highest BCUT2D eigenvalue weighted by Crippen LogP contribution is 2.28. The summed E-state index contributed by atoms with van der Waals surface area (Å²) in [5, 5.41) is 0. The summed E-state index contributed by atoms with van der Waals surface area (Å²) in [4.78, 5) is 8.17. The van der Waals surface area contributed by atoms with Gasteiger partial charge in [0.05, 0.1) is 0 Å². The minimum Gasteiger partial charge on any atom is -0.326 e. The van der Waals surface area contributed by atoms with E-state index in [2.05, 4.69) is 29.7 Å². The van der Waals surface area contributed by atoms with Gasteiger partial charge in [0.25, 0.3) is 0 Å². The molecule has 112 valence electrons. The smallest absolute Gasteiger partial charge is 0.0274 e. The Morgan fingerprint density at radius 1 is 1.35 bits per heavy atom. The third-order valence-corrected chi connectivity index (χ3v) is 6.08. The van der Waals surface area contributed by atoms with Crippen molar-refractivity contribution in [2.45, 2.75) is 58.3 Å². The van der Waals surface area contributed by atoms with Crippen LogP contribution in [0.15, 0.2) is 6.07 Å². The molecule has 3 heterocycles. The minimum atomic E-state index is 0.671. The van der Waals surface area contributed by atoms with Gasteiger partial charge in [-0.05, 0) is 44.9 Å². The standard InChI is InChI=1S/C16H27N3S/c1-12-9-18-6-4-3-5-15(18)11-19(12)10-14-7-16(8-17)20-13(14)2/h7,12,15H,3-6,8-11,17H2,1-2H3. The molecular formula is C16H27N3S. The van der Waals surface area contributed by atoms with E-state index in [1.54, 1.807) is 0 Å². The maximum absolute atomic E-state index is 5.77. The molecule has 0 amide bonds. The molecule has 0 spiro atoms. The van der Waals surface area contributed by atoms with Crippen LogP contribution in [0.1, 0.15) is 41.5 Å². The summed E-state index contributed by atoms with van der Waals surface area (Å²) in [6.07, 6.45) is 4.20. The van der Waals surface area contributed by atoms with Gasteiger partial charge in [-0.1, -0.05) is 6.42 Å². The average molecular weight is 293 g/mol. The summed E-state index contributed by atoms with van der Waals surface area (Å²) >= 11 is 1.86. The van der Waals surface area contributed by atoms with Gasteiger partial charge in [0.1, 0.15) is 0 Å². The highest BCUT2D eigenvalue weighted by atomic mass is 32.1. The first-order chi connectivity index (χ1) is 9.67. The van der Waals surface area contributed by atoms with Gasteiger partial charge in [0.15, 0.2) is 0 Å². The quantitative estimate of drug-likeness (QED) is 0.929. The van der Waals surface area contributed by atoms with Crippen LogP contribution >= 0.6 is 11.3 Å². The predicted molar refractivity (Wildman–Crippen MR) is 86.0 cm³/mol. The van der Waals surface area contributed by atoms with Gasteiger partial charge < -0.3 is 5.73 Å². The number of piperazine rings is 1. The molecule has 2 saturated heterocycles. The Kier molecular flexibility index (Phi) is 4.46. The molecule has 2 aliphatic heterocycles. The van der Waals surface area contributed by atoms with Crippen molar-refractivity contribution in [1.29, 1.82) is 0 Å². The summed E-state index contributed by atoms with van der Waals surface area (Å²) < 4.78 is 0. The predicted octanol–water partition coefficient (Wildman–Crippen LogP) is 2.57. The molecule has 0 bridgehead atoms. The summed E-state index contributed by atoms with van der Waals surface area (Å²) in [5.74, 6) is 0. The number of nitrogens with two attached hydrogens (primary N) is 1. The van der Waals surface area contributed by atoms with E-state index in [0.717, 1.165) is 12.6 Å². The Labute approximate surface area is 126 Å². The summed E-state index contributed by atoms with van der Waals surface area (Å²) in [6, 6.07) is 3.79. The molecule has 2 N–H and O–H groups in total. The normalized spacial score (nSPS) is 28.6. The van der Waals surface area contributed by atoms with Crippen molar-refractivity contribution in [3.05, 3.63) is 21.4 Å². The monoisotopic (exact) mass is 293 g/mol. The molecule has 3 rings (SSSR count). The van der Waals surface area contributed by atoms with Crippen LogP contribution in [0.3, 0.4) is 0 Å². The van der Waals surface area contributed by atoms with Crippen molar-refractivity contribution < 1.29 is 0 Å². The van der Waals surface area contributed by atoms with Gasteiger partial charge in [-0.25, -0.2) is 0 Å². The largest absolute Gasteiger partial charge is 0.326 e. The second-order valence-corrected chi connectivity index (χ2v) is 7.76. The maximum Gasteiger partial charge on any atom is 0.0274 e. The Morgan fingerprint density at radius 3 is 2.95 bits per heavy atom. The molecule has 2 aliphatic rings. The topological polar surface area (TPSA) is 32.5 Å². The Morgan fingerprint density at radius 2 is 2.20 bits per heavy atom. The molecule has 4 heteroatoms. The first-order valence-electron chi connectivity index (χ1n) is 7.93. The fourth-order valence-corrected chi connectivity index (χ4v) is 4.63. The zero-order chi connectivity index (χ0) is 14.1. The highest BCUT2D eigenvalue weighted by Gasteiger charge is 2.32. The lowest BCUT2D eigenvalue weighted by Gasteiger charge is -2.47. The van der Waals surface area contributed by atoms with Crippen LogP contribution < -0.4 is 5.73 Å². The van der Waals surface area contributed by atoms with Crippen LogP contribution in [-0.2, 0) is 13.1 Å². The van der Waals surface area contributed by atoms with Crippen LogP contribution in [0.5, 0.6) is 0 Å². The summed E-state index contributed by atoms with van der Waals surface area (Å²) in [6.45, 7) is 10.2. The van der Waals surface area contributed by atoms with Crippen molar-refractivity contribution in [1.82, 2.24) is 9.80 Å². The van der Waals surface area contributed by atoms with Crippen LogP contribution in [0.25, 0.3) is 0 Å². The van der Waals surface area contributed by atoms with Gasteiger partial charge in [0, 0.05) is 48.0 Å². The number of nitrogens with zero attached hydrogens (tertiary/aromatic N) is 2. The fourth-order valence-electron chi connectivity index (χ4n) is 3.70. The molecule has 3 nitrogen and oxygen atoms in total. The van der Waals surface area contributed by atoms with Gasteiger partial charge >= 0.3 is 0 Å². The van der Waals surface area contributed by atoms with Crippen molar-refractivity contribution in [3.63, 3.8) is 0 Å². The maximum atomic E-state index is 5.77. The molecule has 0 aliphatic carbocycles. The number of aryl methyl sites for hydroxylation is 1. The molecule has 0 radical (unpaired) electrons. The molecule has 2 fully saturated rings. The molecule has 0 aromatic carbocycles. The third kappa shape index (κ3) is 2.93. The van der Waals surface area contributed by atoms with E-state index in [1.807, 2.05) is 11.3 Å². The van der Waals surface area contributed by atoms with Crippen LogP contribution in [0.4, 0.5) is 0 Å². The highest BCUT2D eigenvalue weighted by molar-refractivity contribution is 7.12. The number of thiophene rings is 1. The van der Waals surface area contributed by atoms with Crippen molar-refractivity contribution >= 4 is 11.3 Å². The van der Waals surface area contributed by atoms with Gasteiger partial charge in [0.2, 0.25) is 0 Å². The van der Waals surface area contributed by atoms with E-state index in [4.69, 9.17) is 5.73 Å². The Balaban J connectivity index is 1.68. The minimum absolute atomic E-state index is 0.671. The zero-order valence-corrected chi connectivity index (χ0v) is 13.6. The summed E-state index contributed by atoms with van der Waals surface area (Å²) in [7, 11) is 0. The van der Waals surface area contributed by atoms with Gasteiger partial charge in [-0.15, -0.1) is 11.3 Å². The Hall–Kier alpha value is -0.420. The first-order valence-corrected chi connectivity index (χ1v) is 8.75. The number of rotatable bonds is 3. The molecule has 20 heavy (non-hydrogen) atoms. The molecular weight excluding hydrogens is 266 g/mol. The summed E-state index contributed by atoms with van der Waals surface area (Å²) in [5.41, 5.74) is 7.26. The molecule has 1 aromatic rings. The van der Waals surface area contributed by atoms with E-state index in [-0.39, 0.29) is 0 Å². The lowest BCUT2D eigenvalue weighted by Crippen LogP contribution is -2.58. The van der Waals surface area contributed by atoms with Crippen molar-refractivity contribution in [2.24, 2.45) is 5.73 Å². The molecule has 2 atom stereocenters. The van der Waals surface area contributed by atoms with Gasteiger partial charge in [-0.3, -0.25) is 9.80 Å². The number of hydrogen-bond donors (Lipinski definition) is 1. The zero-order valence-electron chi connectivity index (χ0n) is 12.8. The fraction of sp³-hybridized carbons (Fsp3) is 0.750. The lowest BCUT2D eigenvalue weighted by molar-refractivity contribution is 0.0110. The van der Waals surface area contributed by atoms with E-state index < -0.39 is 0 Å². The lowest BCUT2D eigenvalue weighted by atomic mass is 9.97. The SMILES string of the molecule is Cc1sc(CN)cc1CN1CC2CCCCN2CC1C. The van der Waals surface area contributed by atoms with E-state index in [1.165, 1.54) is 54.2 Å². The van der Waals surface area contributed by atoms with Crippen LogP contribution in [0, 0.1) is 6.92 Å². The number of hydrogen-bond acceptors (Lipinski definition) is 4. The average Bonchev–Trinajstić information content (AvgIpc) is 2.80. The third-order valence-electron chi connectivity index (χ3n) is 4.96. The molecule has 1 aromatic heterocycles. The first kappa shape index (κ1) is 14.5. The van der Waals surface area contributed by atoms with Crippen molar-refractivity contribution in [2.75, 3.05) is 19.6 Å². The second kappa shape index (κ2) is 6.14. The van der Waals surface area contributed by atoms with E-state index >= 15 is 0 Å². The van der Waals surface area contributed by atoms with Crippen LogP contribution in [0.2, 0.25) is 0 Å². The van der Waals surface area contributed by atoms with E-state index in [9.17, 15) is 0 Å². The second-order valence-electron chi connectivity index (χ2n) is 6.42. The van der Waals surface area contributed by atoms with Crippen LogP contribution in [-0.4, -0.2) is 41.5 Å². The van der Waals surface area contributed by atoms with Crippen molar-refractivity contribution in [3.8, 4) is 0 Å². The molecule has 0 saturated carbocycles. The van der Waals surface area contributed by atoms with E-state index in [0.29, 0.717) is 12.6 Å². The van der Waals surface area contributed by atoms with Gasteiger partial charge in [-0.2, -0.15) is 0 Å². The Bertz CT molecular complexity index is 457. The number of fused-ring (bicyclic) bond motifs is 1. The number of piperidine rings is 1. The molecule has 2 unspecified atom stereocenters.